The topological polar surface area (TPSA) is 78.7 Å². The molecule has 130 valence electrons. The number of carbonyl (C=O) groups is 1. The van der Waals surface area contributed by atoms with E-state index in [2.05, 4.69) is 15.3 Å². The van der Waals surface area contributed by atoms with Gasteiger partial charge in [-0.2, -0.15) is 5.26 Å². The second kappa shape index (κ2) is 6.98. The number of nitriles is 1. The summed E-state index contributed by atoms with van der Waals surface area (Å²) in [6.45, 7) is 1.94. The molecule has 27 heavy (non-hydrogen) atoms. The third kappa shape index (κ3) is 3.41. The summed E-state index contributed by atoms with van der Waals surface area (Å²) in [7, 11) is 0. The first kappa shape index (κ1) is 16.9. The fraction of sp³-hybridized carbons (Fsp3) is 0.0476. The molecule has 2 heterocycles. The lowest BCUT2D eigenvalue weighted by Crippen LogP contribution is -2.13. The summed E-state index contributed by atoms with van der Waals surface area (Å²) in [4.78, 5) is 22.4. The van der Waals surface area contributed by atoms with Gasteiger partial charge >= 0.3 is 0 Å². The molecule has 0 unspecified atom stereocenters. The molecule has 1 N–H and O–H groups in total. The molecule has 1 amide bonds. The van der Waals surface area contributed by atoms with Crippen LogP contribution in [0.3, 0.4) is 0 Å². The highest BCUT2D eigenvalue weighted by Gasteiger charge is 2.12. The first-order valence-corrected chi connectivity index (χ1v) is 9.10. The van der Waals surface area contributed by atoms with E-state index in [0.717, 1.165) is 26.5 Å². The van der Waals surface area contributed by atoms with Crippen molar-refractivity contribution in [1.29, 1.82) is 5.26 Å². The van der Waals surface area contributed by atoms with Crippen LogP contribution in [0.4, 0.5) is 5.69 Å². The summed E-state index contributed by atoms with van der Waals surface area (Å²) in [5.74, 6) is -0.252. The van der Waals surface area contributed by atoms with Crippen molar-refractivity contribution in [3.63, 3.8) is 0 Å². The highest BCUT2D eigenvalue weighted by atomic mass is 32.1. The van der Waals surface area contributed by atoms with Gasteiger partial charge in [0.05, 0.1) is 11.6 Å². The zero-order valence-corrected chi connectivity index (χ0v) is 15.2. The van der Waals surface area contributed by atoms with Gasteiger partial charge in [0.15, 0.2) is 0 Å². The Morgan fingerprint density at radius 3 is 2.85 bits per heavy atom. The summed E-state index contributed by atoms with van der Waals surface area (Å²) in [6.07, 6.45) is 1.75. The number of benzene rings is 2. The lowest BCUT2D eigenvalue weighted by molar-refractivity contribution is 0.102. The maximum atomic E-state index is 12.6. The lowest BCUT2D eigenvalue weighted by Gasteiger charge is -2.10. The van der Waals surface area contributed by atoms with Crippen molar-refractivity contribution < 1.29 is 4.79 Å². The molecule has 0 spiro atoms. The van der Waals surface area contributed by atoms with Gasteiger partial charge in [0.25, 0.3) is 5.91 Å². The molecule has 0 fully saturated rings. The highest BCUT2D eigenvalue weighted by molar-refractivity contribution is 7.21. The van der Waals surface area contributed by atoms with Crippen LogP contribution >= 0.6 is 11.3 Å². The van der Waals surface area contributed by atoms with Gasteiger partial charge in [0.1, 0.15) is 15.4 Å². The minimum absolute atomic E-state index is 0.252. The Balaban J connectivity index is 1.66. The van der Waals surface area contributed by atoms with E-state index in [0.29, 0.717) is 16.8 Å². The van der Waals surface area contributed by atoms with Gasteiger partial charge in [-0.25, -0.2) is 9.97 Å². The van der Waals surface area contributed by atoms with Crippen LogP contribution in [-0.2, 0) is 0 Å². The number of nitrogens with one attached hydrogen (secondary N) is 1. The van der Waals surface area contributed by atoms with E-state index >= 15 is 0 Å². The van der Waals surface area contributed by atoms with Crippen LogP contribution < -0.4 is 5.32 Å². The number of carbonyl (C=O) groups excluding carboxylic acids is 1. The molecule has 2 aromatic heterocycles. The van der Waals surface area contributed by atoms with E-state index in [4.69, 9.17) is 5.26 Å². The molecule has 0 radical (unpaired) electrons. The minimum atomic E-state index is -0.252. The Bertz CT molecular complexity index is 1170. The number of pyridine rings is 1. The van der Waals surface area contributed by atoms with Crippen LogP contribution in [0.2, 0.25) is 0 Å². The van der Waals surface area contributed by atoms with Crippen LogP contribution in [-0.4, -0.2) is 15.9 Å². The first-order chi connectivity index (χ1) is 13.1. The lowest BCUT2D eigenvalue weighted by atomic mass is 10.1. The van der Waals surface area contributed by atoms with Gasteiger partial charge in [-0.05, 0) is 48.9 Å². The number of anilines is 1. The monoisotopic (exact) mass is 370 g/mol. The molecule has 0 atom stereocenters. The molecule has 0 aliphatic rings. The Morgan fingerprint density at radius 1 is 1.15 bits per heavy atom. The van der Waals surface area contributed by atoms with Gasteiger partial charge in [-0.1, -0.05) is 29.5 Å². The SMILES string of the molecule is Cc1ccc(-c2nc3cccnc3s2)cc1NC(=O)c1cccc(C#N)c1. The van der Waals surface area contributed by atoms with Crippen molar-refractivity contribution >= 4 is 33.3 Å². The Hall–Kier alpha value is -3.56. The van der Waals surface area contributed by atoms with E-state index in [1.807, 2.05) is 43.3 Å². The molecular formula is C21H14N4OS. The fourth-order valence-corrected chi connectivity index (χ4v) is 3.61. The molecule has 6 heteroatoms. The summed E-state index contributed by atoms with van der Waals surface area (Å²) < 4.78 is 0. The second-order valence-corrected chi connectivity index (χ2v) is 7.00. The Labute approximate surface area is 160 Å². The smallest absolute Gasteiger partial charge is 0.255 e. The average Bonchev–Trinajstić information content (AvgIpc) is 3.14. The molecule has 0 aliphatic carbocycles. The van der Waals surface area contributed by atoms with Crippen molar-refractivity contribution in [3.8, 4) is 16.6 Å². The van der Waals surface area contributed by atoms with Crippen molar-refractivity contribution in [2.75, 3.05) is 5.32 Å². The first-order valence-electron chi connectivity index (χ1n) is 8.28. The van der Waals surface area contributed by atoms with Crippen molar-refractivity contribution in [1.82, 2.24) is 9.97 Å². The number of thiazole rings is 1. The van der Waals surface area contributed by atoms with Crippen LogP contribution in [0.15, 0.2) is 60.8 Å². The third-order valence-corrected chi connectivity index (χ3v) is 5.18. The standard InChI is InChI=1S/C21H14N4OS/c1-13-7-8-16(20-25-17-6-3-9-23-21(17)27-20)11-18(13)24-19(26)15-5-2-4-14(10-15)12-22/h2-11H,1H3,(H,24,26). The fourth-order valence-electron chi connectivity index (χ4n) is 2.71. The number of aryl methyl sites for hydroxylation is 1. The zero-order chi connectivity index (χ0) is 18.8. The second-order valence-electron chi connectivity index (χ2n) is 6.02. The number of rotatable bonds is 3. The summed E-state index contributed by atoms with van der Waals surface area (Å²) in [6, 6.07) is 18.3. The number of hydrogen-bond donors (Lipinski definition) is 1. The van der Waals surface area contributed by atoms with Crippen LogP contribution in [0.1, 0.15) is 21.5 Å². The summed E-state index contributed by atoms with van der Waals surface area (Å²) in [5, 5.41) is 12.8. The van der Waals surface area contributed by atoms with Gasteiger partial charge < -0.3 is 5.32 Å². The van der Waals surface area contributed by atoms with Gasteiger partial charge in [-0.15, -0.1) is 0 Å². The van der Waals surface area contributed by atoms with Crippen molar-refractivity contribution in [3.05, 3.63) is 77.5 Å². The van der Waals surface area contributed by atoms with Gasteiger partial charge in [-0.3, -0.25) is 4.79 Å². The molecule has 4 aromatic rings. The maximum absolute atomic E-state index is 12.6. The minimum Gasteiger partial charge on any atom is -0.322 e. The van der Waals surface area contributed by atoms with Crippen LogP contribution in [0.5, 0.6) is 0 Å². The molecule has 0 bridgehead atoms. The number of aromatic nitrogens is 2. The number of amides is 1. The molecule has 5 nitrogen and oxygen atoms in total. The predicted octanol–water partition coefficient (Wildman–Crippen LogP) is 4.79. The maximum Gasteiger partial charge on any atom is 0.255 e. The third-order valence-electron chi connectivity index (χ3n) is 4.15. The number of nitrogens with zero attached hydrogens (tertiary/aromatic N) is 3. The normalized spacial score (nSPS) is 10.5. The van der Waals surface area contributed by atoms with Crippen LogP contribution in [0, 0.1) is 18.3 Å². The molecule has 2 aromatic carbocycles. The van der Waals surface area contributed by atoms with Crippen molar-refractivity contribution in [2.24, 2.45) is 0 Å². The number of hydrogen-bond acceptors (Lipinski definition) is 5. The van der Waals surface area contributed by atoms with E-state index in [1.54, 1.807) is 30.5 Å². The van der Waals surface area contributed by atoms with Gasteiger partial charge in [0.2, 0.25) is 0 Å². The van der Waals surface area contributed by atoms with E-state index in [-0.39, 0.29) is 5.91 Å². The summed E-state index contributed by atoms with van der Waals surface area (Å²) >= 11 is 1.51. The quantitative estimate of drug-likeness (QED) is 0.562. The van der Waals surface area contributed by atoms with Crippen LogP contribution in [0.25, 0.3) is 20.9 Å². The summed E-state index contributed by atoms with van der Waals surface area (Å²) in [5.41, 5.74) is 4.34. The molecule has 0 aliphatic heterocycles. The molecule has 4 rings (SSSR count). The average molecular weight is 370 g/mol. The van der Waals surface area contributed by atoms with E-state index < -0.39 is 0 Å². The van der Waals surface area contributed by atoms with E-state index in [1.165, 1.54) is 11.3 Å². The molecule has 0 saturated heterocycles. The predicted molar refractivity (Wildman–Crippen MR) is 107 cm³/mol. The zero-order valence-electron chi connectivity index (χ0n) is 14.4. The molecule has 0 saturated carbocycles. The van der Waals surface area contributed by atoms with E-state index in [9.17, 15) is 4.79 Å². The molecular weight excluding hydrogens is 356 g/mol. The Morgan fingerprint density at radius 2 is 2.04 bits per heavy atom. The number of fused-ring (bicyclic) bond motifs is 1. The Kier molecular flexibility index (Phi) is 4.37. The largest absolute Gasteiger partial charge is 0.322 e. The van der Waals surface area contributed by atoms with Crippen molar-refractivity contribution in [2.45, 2.75) is 6.92 Å². The highest BCUT2D eigenvalue weighted by Crippen LogP contribution is 2.31. The van der Waals surface area contributed by atoms with Gasteiger partial charge in [0, 0.05) is 23.0 Å².